The van der Waals surface area contributed by atoms with Gasteiger partial charge in [0.2, 0.25) is 0 Å². The number of anilines is 1. The standard InChI is InChI=1S/C15H17FN2O2S/c1-15(4-6-20-7-5-15)18-14(19)13-12(17)10-8-9(16)2-3-11(10)21-13/h2-3,8H,4-7,17H2,1H3,(H,18,19). The average molecular weight is 308 g/mol. The summed E-state index contributed by atoms with van der Waals surface area (Å²) >= 11 is 1.29. The molecular formula is C15H17FN2O2S. The Morgan fingerprint density at radius 3 is 2.86 bits per heavy atom. The van der Waals surface area contributed by atoms with Crippen molar-refractivity contribution < 1.29 is 13.9 Å². The molecule has 2 aromatic rings. The molecule has 21 heavy (non-hydrogen) atoms. The van der Waals surface area contributed by atoms with Crippen molar-refractivity contribution in [2.45, 2.75) is 25.3 Å². The van der Waals surface area contributed by atoms with Gasteiger partial charge >= 0.3 is 0 Å². The van der Waals surface area contributed by atoms with E-state index >= 15 is 0 Å². The smallest absolute Gasteiger partial charge is 0.263 e. The highest BCUT2D eigenvalue weighted by molar-refractivity contribution is 7.21. The molecule has 2 heterocycles. The third-order valence-electron chi connectivity index (χ3n) is 3.91. The third kappa shape index (κ3) is 2.73. The zero-order valence-corrected chi connectivity index (χ0v) is 12.6. The SMILES string of the molecule is CC1(NC(=O)c2sc3ccc(F)cc3c2N)CCOCC1. The molecule has 0 unspecified atom stereocenters. The second-order valence-corrected chi connectivity index (χ2v) is 6.66. The molecule has 0 spiro atoms. The summed E-state index contributed by atoms with van der Waals surface area (Å²) in [6.45, 7) is 3.30. The van der Waals surface area contributed by atoms with E-state index < -0.39 is 0 Å². The van der Waals surface area contributed by atoms with Gasteiger partial charge in [0.15, 0.2) is 0 Å². The van der Waals surface area contributed by atoms with Gasteiger partial charge in [-0.15, -0.1) is 11.3 Å². The fraction of sp³-hybridized carbons (Fsp3) is 0.400. The Morgan fingerprint density at radius 1 is 1.43 bits per heavy atom. The molecule has 1 amide bonds. The first-order valence-electron chi connectivity index (χ1n) is 6.86. The molecule has 0 radical (unpaired) electrons. The van der Waals surface area contributed by atoms with Crippen molar-refractivity contribution in [3.63, 3.8) is 0 Å². The lowest BCUT2D eigenvalue weighted by Gasteiger charge is -2.34. The number of halogens is 1. The van der Waals surface area contributed by atoms with Crippen molar-refractivity contribution in [3.05, 3.63) is 28.9 Å². The molecule has 1 aliphatic rings. The largest absolute Gasteiger partial charge is 0.397 e. The van der Waals surface area contributed by atoms with E-state index in [1.54, 1.807) is 6.07 Å². The highest BCUT2D eigenvalue weighted by Gasteiger charge is 2.30. The maximum atomic E-state index is 13.3. The first-order valence-corrected chi connectivity index (χ1v) is 7.68. The number of amides is 1. The Kier molecular flexibility index (Phi) is 3.59. The van der Waals surface area contributed by atoms with E-state index in [9.17, 15) is 9.18 Å². The number of rotatable bonds is 2. The molecule has 1 aromatic carbocycles. The van der Waals surface area contributed by atoms with E-state index in [0.29, 0.717) is 29.2 Å². The lowest BCUT2D eigenvalue weighted by Crippen LogP contribution is -2.49. The van der Waals surface area contributed by atoms with Gasteiger partial charge in [0.25, 0.3) is 5.91 Å². The molecule has 0 atom stereocenters. The van der Waals surface area contributed by atoms with Gasteiger partial charge in [-0.1, -0.05) is 0 Å². The maximum absolute atomic E-state index is 13.3. The summed E-state index contributed by atoms with van der Waals surface area (Å²) in [6, 6.07) is 4.40. The molecular weight excluding hydrogens is 291 g/mol. The topological polar surface area (TPSA) is 64.4 Å². The number of hydrogen-bond donors (Lipinski definition) is 2. The van der Waals surface area contributed by atoms with Crippen LogP contribution in [0.4, 0.5) is 10.1 Å². The van der Waals surface area contributed by atoms with Crippen molar-refractivity contribution >= 4 is 33.0 Å². The van der Waals surface area contributed by atoms with Gasteiger partial charge in [0.1, 0.15) is 10.7 Å². The minimum absolute atomic E-state index is 0.196. The number of nitrogens with two attached hydrogens (primary N) is 1. The van der Waals surface area contributed by atoms with Crippen molar-refractivity contribution in [1.82, 2.24) is 5.32 Å². The molecule has 6 heteroatoms. The van der Waals surface area contributed by atoms with Gasteiger partial charge in [-0.05, 0) is 38.0 Å². The second kappa shape index (κ2) is 5.27. The van der Waals surface area contributed by atoms with Gasteiger partial charge in [0, 0.05) is 28.8 Å². The molecule has 0 bridgehead atoms. The predicted octanol–water partition coefficient (Wildman–Crippen LogP) is 2.92. The Balaban J connectivity index is 1.89. The molecule has 1 saturated heterocycles. The second-order valence-electron chi connectivity index (χ2n) is 5.61. The number of nitrogen functional groups attached to an aromatic ring is 1. The van der Waals surface area contributed by atoms with Crippen LogP contribution >= 0.6 is 11.3 Å². The summed E-state index contributed by atoms with van der Waals surface area (Å²) in [4.78, 5) is 12.9. The number of carbonyl (C=O) groups is 1. The van der Waals surface area contributed by atoms with Crippen LogP contribution in [-0.2, 0) is 4.74 Å². The number of nitrogens with one attached hydrogen (secondary N) is 1. The summed E-state index contributed by atoms with van der Waals surface area (Å²) < 4.78 is 19.4. The van der Waals surface area contributed by atoms with E-state index in [-0.39, 0.29) is 17.3 Å². The molecule has 0 saturated carbocycles. The summed E-state index contributed by atoms with van der Waals surface area (Å²) in [5.74, 6) is -0.547. The highest BCUT2D eigenvalue weighted by atomic mass is 32.1. The third-order valence-corrected chi connectivity index (χ3v) is 5.09. The Hall–Kier alpha value is -1.66. The van der Waals surface area contributed by atoms with Gasteiger partial charge in [0.05, 0.1) is 5.69 Å². The maximum Gasteiger partial charge on any atom is 0.263 e. The van der Waals surface area contributed by atoms with Gasteiger partial charge < -0.3 is 15.8 Å². The first kappa shape index (κ1) is 14.3. The van der Waals surface area contributed by atoms with Crippen LogP contribution in [-0.4, -0.2) is 24.7 Å². The molecule has 1 aliphatic heterocycles. The molecule has 0 aliphatic carbocycles. The lowest BCUT2D eigenvalue weighted by molar-refractivity contribution is 0.0424. The van der Waals surface area contributed by atoms with Gasteiger partial charge in [-0.25, -0.2) is 4.39 Å². The average Bonchev–Trinajstić information content (AvgIpc) is 2.76. The Labute approximate surface area is 126 Å². The lowest BCUT2D eigenvalue weighted by atomic mass is 9.92. The number of hydrogen-bond acceptors (Lipinski definition) is 4. The normalized spacial score (nSPS) is 17.8. The minimum Gasteiger partial charge on any atom is -0.397 e. The molecule has 3 rings (SSSR count). The summed E-state index contributed by atoms with van der Waals surface area (Å²) in [7, 11) is 0. The minimum atomic E-state index is -0.352. The monoisotopic (exact) mass is 308 g/mol. The summed E-state index contributed by atoms with van der Waals surface area (Å²) in [5.41, 5.74) is 6.09. The number of benzene rings is 1. The van der Waals surface area contributed by atoms with E-state index in [0.717, 1.165) is 17.5 Å². The van der Waals surface area contributed by atoms with Crippen molar-refractivity contribution in [2.75, 3.05) is 18.9 Å². The first-order chi connectivity index (χ1) is 9.98. The number of ether oxygens (including phenoxy) is 1. The summed E-state index contributed by atoms with van der Waals surface area (Å²) in [6.07, 6.45) is 1.55. The molecule has 3 N–H and O–H groups in total. The van der Waals surface area contributed by atoms with E-state index in [2.05, 4.69) is 5.32 Å². The quantitative estimate of drug-likeness (QED) is 0.896. The van der Waals surface area contributed by atoms with Crippen LogP contribution < -0.4 is 11.1 Å². The van der Waals surface area contributed by atoms with Crippen LogP contribution in [0, 0.1) is 5.82 Å². The van der Waals surface area contributed by atoms with E-state index in [1.165, 1.54) is 23.5 Å². The van der Waals surface area contributed by atoms with Gasteiger partial charge in [-0.3, -0.25) is 4.79 Å². The Morgan fingerprint density at radius 2 is 2.14 bits per heavy atom. The summed E-state index contributed by atoms with van der Waals surface area (Å²) in [5, 5.41) is 3.65. The van der Waals surface area contributed by atoms with Crippen LogP contribution in [0.1, 0.15) is 29.4 Å². The van der Waals surface area contributed by atoms with Crippen LogP contribution in [0.25, 0.3) is 10.1 Å². The van der Waals surface area contributed by atoms with Crippen molar-refractivity contribution in [1.29, 1.82) is 0 Å². The zero-order valence-electron chi connectivity index (χ0n) is 11.7. The Bertz CT molecular complexity index is 692. The fourth-order valence-electron chi connectivity index (χ4n) is 2.54. The molecule has 112 valence electrons. The van der Waals surface area contributed by atoms with Crippen LogP contribution in [0.2, 0.25) is 0 Å². The van der Waals surface area contributed by atoms with Crippen LogP contribution in [0.3, 0.4) is 0 Å². The fourth-order valence-corrected chi connectivity index (χ4v) is 3.53. The van der Waals surface area contributed by atoms with Gasteiger partial charge in [-0.2, -0.15) is 0 Å². The number of carbonyl (C=O) groups excluding carboxylic acids is 1. The molecule has 1 fully saturated rings. The van der Waals surface area contributed by atoms with Crippen molar-refractivity contribution in [2.24, 2.45) is 0 Å². The van der Waals surface area contributed by atoms with Crippen LogP contribution in [0.5, 0.6) is 0 Å². The number of fused-ring (bicyclic) bond motifs is 1. The predicted molar refractivity (Wildman–Crippen MR) is 82.1 cm³/mol. The van der Waals surface area contributed by atoms with Crippen LogP contribution in [0.15, 0.2) is 18.2 Å². The van der Waals surface area contributed by atoms with Crippen molar-refractivity contribution in [3.8, 4) is 0 Å². The highest BCUT2D eigenvalue weighted by Crippen LogP contribution is 2.34. The van der Waals surface area contributed by atoms with E-state index in [1.807, 2.05) is 6.92 Å². The molecule has 1 aromatic heterocycles. The zero-order chi connectivity index (χ0) is 15.0. The van der Waals surface area contributed by atoms with E-state index in [4.69, 9.17) is 10.5 Å². The molecule has 4 nitrogen and oxygen atoms in total. The number of thiophene rings is 1.